The summed E-state index contributed by atoms with van der Waals surface area (Å²) in [5.74, 6) is -0.731. The first-order valence-corrected chi connectivity index (χ1v) is 13.8. The Balaban J connectivity index is 1.55. The monoisotopic (exact) mass is 549 g/mol. The molecule has 0 aliphatic heterocycles. The Morgan fingerprint density at radius 3 is 2.50 bits per heavy atom. The van der Waals surface area contributed by atoms with Gasteiger partial charge in [0.1, 0.15) is 6.33 Å². The molecule has 3 aromatic carbocycles. The van der Waals surface area contributed by atoms with Crippen LogP contribution in [0.15, 0.2) is 90.1 Å². The number of nitrogens with zero attached hydrogens (tertiary/aromatic N) is 4. The van der Waals surface area contributed by atoms with E-state index >= 15 is 0 Å². The van der Waals surface area contributed by atoms with Gasteiger partial charge >= 0.3 is 0 Å². The van der Waals surface area contributed by atoms with E-state index < -0.39 is 21.8 Å². The SMILES string of the molecule is CS(=O)(=O)c1cccc(CC(=O)[C@H](Cc2ccccc2)NC(=O)/C=C/c2cc(Cl)ccc2-n2cnnn2)c1. The zero-order valence-corrected chi connectivity index (χ0v) is 21.9. The van der Waals surface area contributed by atoms with E-state index in [4.69, 9.17) is 11.6 Å². The van der Waals surface area contributed by atoms with E-state index in [1.807, 2.05) is 30.3 Å². The maximum absolute atomic E-state index is 13.3. The van der Waals surface area contributed by atoms with Gasteiger partial charge in [-0.3, -0.25) is 9.59 Å². The Bertz CT molecular complexity index is 1570. The van der Waals surface area contributed by atoms with Crippen LogP contribution in [-0.2, 0) is 32.3 Å². The zero-order valence-electron chi connectivity index (χ0n) is 20.4. The van der Waals surface area contributed by atoms with Crippen molar-refractivity contribution in [3.63, 3.8) is 0 Å². The minimum atomic E-state index is -3.42. The second-order valence-electron chi connectivity index (χ2n) is 8.60. The number of rotatable bonds is 10. The van der Waals surface area contributed by atoms with Crippen molar-refractivity contribution in [3.05, 3.63) is 107 Å². The highest BCUT2D eigenvalue weighted by atomic mass is 35.5. The van der Waals surface area contributed by atoms with Gasteiger partial charge in [0, 0.05) is 29.3 Å². The Kier molecular flexibility index (Phi) is 8.45. The van der Waals surface area contributed by atoms with E-state index in [1.165, 1.54) is 29.2 Å². The molecule has 0 saturated heterocycles. The van der Waals surface area contributed by atoms with Crippen LogP contribution in [0, 0.1) is 0 Å². The summed E-state index contributed by atoms with van der Waals surface area (Å²) in [5.41, 5.74) is 2.64. The van der Waals surface area contributed by atoms with E-state index in [0.29, 0.717) is 21.8 Å². The van der Waals surface area contributed by atoms with Crippen molar-refractivity contribution in [2.75, 3.05) is 6.26 Å². The van der Waals surface area contributed by atoms with Crippen LogP contribution in [-0.4, -0.2) is 52.6 Å². The summed E-state index contributed by atoms with van der Waals surface area (Å²) in [6, 6.07) is 19.8. The van der Waals surface area contributed by atoms with Gasteiger partial charge in [-0.25, -0.2) is 8.42 Å². The lowest BCUT2D eigenvalue weighted by molar-refractivity contribution is -0.125. The number of hydrogen-bond acceptors (Lipinski definition) is 7. The van der Waals surface area contributed by atoms with Crippen LogP contribution in [0.3, 0.4) is 0 Å². The molecular formula is C27H24ClN5O4S. The average molecular weight is 550 g/mol. The molecule has 0 spiro atoms. The van der Waals surface area contributed by atoms with Crippen molar-refractivity contribution < 1.29 is 18.0 Å². The summed E-state index contributed by atoms with van der Waals surface area (Å²) < 4.78 is 25.3. The minimum Gasteiger partial charge on any atom is -0.342 e. The van der Waals surface area contributed by atoms with Crippen LogP contribution in [0.2, 0.25) is 5.02 Å². The van der Waals surface area contributed by atoms with Gasteiger partial charge in [-0.2, -0.15) is 4.68 Å². The Morgan fingerprint density at radius 2 is 1.79 bits per heavy atom. The van der Waals surface area contributed by atoms with Crippen molar-refractivity contribution in [3.8, 4) is 5.69 Å². The smallest absolute Gasteiger partial charge is 0.244 e. The molecule has 194 valence electrons. The van der Waals surface area contributed by atoms with Crippen molar-refractivity contribution in [2.24, 2.45) is 0 Å². The van der Waals surface area contributed by atoms with Crippen LogP contribution in [0.25, 0.3) is 11.8 Å². The lowest BCUT2D eigenvalue weighted by Crippen LogP contribution is -2.42. The molecule has 0 aliphatic carbocycles. The highest BCUT2D eigenvalue weighted by Crippen LogP contribution is 2.20. The maximum atomic E-state index is 13.3. The molecule has 0 unspecified atom stereocenters. The molecule has 0 aliphatic rings. The van der Waals surface area contributed by atoms with Crippen LogP contribution in [0.4, 0.5) is 0 Å². The zero-order chi connectivity index (χ0) is 27.1. The largest absolute Gasteiger partial charge is 0.342 e. The number of carbonyl (C=O) groups excluding carboxylic acids is 2. The molecule has 11 heteroatoms. The van der Waals surface area contributed by atoms with Crippen LogP contribution < -0.4 is 5.32 Å². The summed E-state index contributed by atoms with van der Waals surface area (Å²) in [6.07, 6.45) is 5.66. The predicted octanol–water partition coefficient (Wildman–Crippen LogP) is 3.27. The summed E-state index contributed by atoms with van der Waals surface area (Å²) in [6.45, 7) is 0. The molecule has 38 heavy (non-hydrogen) atoms. The van der Waals surface area contributed by atoms with Gasteiger partial charge in [-0.15, -0.1) is 5.10 Å². The van der Waals surface area contributed by atoms with Crippen LogP contribution >= 0.6 is 11.6 Å². The molecule has 9 nitrogen and oxygen atoms in total. The molecule has 1 heterocycles. The van der Waals surface area contributed by atoms with Crippen molar-refractivity contribution in [1.29, 1.82) is 0 Å². The number of Topliss-reactive ketones (excluding diaryl/α,β-unsaturated/α-hetero) is 1. The van der Waals surface area contributed by atoms with E-state index in [0.717, 1.165) is 11.8 Å². The molecule has 1 amide bonds. The summed E-state index contributed by atoms with van der Waals surface area (Å²) in [5, 5.41) is 14.4. The fourth-order valence-electron chi connectivity index (χ4n) is 3.83. The van der Waals surface area contributed by atoms with Gasteiger partial charge < -0.3 is 5.32 Å². The van der Waals surface area contributed by atoms with Crippen molar-refractivity contribution >= 4 is 39.2 Å². The third kappa shape index (κ3) is 7.21. The minimum absolute atomic E-state index is 0.0391. The number of carbonyl (C=O) groups is 2. The topological polar surface area (TPSA) is 124 Å². The molecule has 0 fully saturated rings. The number of benzene rings is 3. The standard InChI is InChI=1S/C27H24ClN5O4S/c1-38(36,37)23-9-5-8-20(14-23)16-26(34)24(15-19-6-3-2-4-7-19)30-27(35)13-10-21-17-22(28)11-12-25(21)33-18-29-31-32-33/h2-14,17-18,24H,15-16H2,1H3,(H,30,35)/b13-10+/t24-/m0/s1. The third-order valence-electron chi connectivity index (χ3n) is 5.69. The highest BCUT2D eigenvalue weighted by molar-refractivity contribution is 7.90. The van der Waals surface area contributed by atoms with Gasteiger partial charge in [0.25, 0.3) is 0 Å². The molecule has 4 aromatic rings. The first-order chi connectivity index (χ1) is 18.2. The first kappa shape index (κ1) is 26.9. The molecule has 1 N–H and O–H groups in total. The van der Waals surface area contributed by atoms with Crippen molar-refractivity contribution in [2.45, 2.75) is 23.8 Å². The Labute approximate surface area is 225 Å². The van der Waals surface area contributed by atoms with E-state index in [-0.39, 0.29) is 23.5 Å². The van der Waals surface area contributed by atoms with Gasteiger partial charge in [0.05, 0.1) is 16.6 Å². The number of amides is 1. The number of aromatic nitrogens is 4. The first-order valence-electron chi connectivity index (χ1n) is 11.6. The molecule has 0 saturated carbocycles. The second kappa shape index (κ2) is 11.9. The summed E-state index contributed by atoms with van der Waals surface area (Å²) in [7, 11) is -3.42. The second-order valence-corrected chi connectivity index (χ2v) is 11.1. The van der Waals surface area contributed by atoms with Crippen molar-refractivity contribution in [1.82, 2.24) is 25.5 Å². The third-order valence-corrected chi connectivity index (χ3v) is 7.04. The van der Waals surface area contributed by atoms with E-state index in [1.54, 1.807) is 36.4 Å². The molecule has 1 aromatic heterocycles. The van der Waals surface area contributed by atoms with Gasteiger partial charge in [-0.1, -0.05) is 54.1 Å². The molecule has 0 radical (unpaired) electrons. The fraction of sp³-hybridized carbons (Fsp3) is 0.148. The Morgan fingerprint density at radius 1 is 1.03 bits per heavy atom. The molecular weight excluding hydrogens is 526 g/mol. The van der Waals surface area contributed by atoms with Crippen LogP contribution in [0.1, 0.15) is 16.7 Å². The quantitative estimate of drug-likeness (QED) is 0.301. The number of nitrogens with one attached hydrogen (secondary N) is 1. The van der Waals surface area contributed by atoms with E-state index in [9.17, 15) is 18.0 Å². The normalized spacial score (nSPS) is 12.4. The number of hydrogen-bond donors (Lipinski definition) is 1. The predicted molar refractivity (Wildman–Crippen MR) is 144 cm³/mol. The van der Waals surface area contributed by atoms with Gasteiger partial charge in [0.15, 0.2) is 15.6 Å². The highest BCUT2D eigenvalue weighted by Gasteiger charge is 2.21. The molecule has 1 atom stereocenters. The number of ketones is 1. The molecule has 4 rings (SSSR count). The lowest BCUT2D eigenvalue weighted by Gasteiger charge is -2.17. The van der Waals surface area contributed by atoms with Crippen LogP contribution in [0.5, 0.6) is 0 Å². The maximum Gasteiger partial charge on any atom is 0.244 e. The Hall–Kier alpha value is -4.15. The van der Waals surface area contributed by atoms with E-state index in [2.05, 4.69) is 20.8 Å². The lowest BCUT2D eigenvalue weighted by atomic mass is 9.97. The van der Waals surface area contributed by atoms with Gasteiger partial charge in [0.2, 0.25) is 5.91 Å². The fourth-order valence-corrected chi connectivity index (χ4v) is 4.70. The average Bonchev–Trinajstić information content (AvgIpc) is 3.42. The summed E-state index contributed by atoms with van der Waals surface area (Å²) in [4.78, 5) is 26.4. The number of sulfone groups is 1. The summed E-state index contributed by atoms with van der Waals surface area (Å²) >= 11 is 6.15. The molecule has 0 bridgehead atoms. The van der Waals surface area contributed by atoms with Gasteiger partial charge in [-0.05, 0) is 64.4 Å². The number of tetrazole rings is 1. The number of halogens is 1.